The molecule has 2 aromatic carbocycles. The summed E-state index contributed by atoms with van der Waals surface area (Å²) >= 11 is 0. The molecule has 1 fully saturated rings. The topological polar surface area (TPSA) is 64.3 Å². The molecule has 29 heavy (non-hydrogen) atoms. The van der Waals surface area contributed by atoms with Gasteiger partial charge in [-0.15, -0.1) is 0 Å². The molecule has 0 bridgehead atoms. The van der Waals surface area contributed by atoms with Gasteiger partial charge in [-0.3, -0.25) is 0 Å². The van der Waals surface area contributed by atoms with Crippen LogP contribution < -0.4 is 4.74 Å². The molecule has 0 aliphatic heterocycles. The van der Waals surface area contributed by atoms with Crippen molar-refractivity contribution in [2.75, 3.05) is 0 Å². The van der Waals surface area contributed by atoms with Crippen LogP contribution in [0.25, 0.3) is 16.8 Å². The quantitative estimate of drug-likeness (QED) is 0.596. The second-order valence-electron chi connectivity index (χ2n) is 7.78. The minimum absolute atomic E-state index is 0.169. The van der Waals surface area contributed by atoms with Crippen LogP contribution in [0, 0.1) is 5.92 Å². The summed E-state index contributed by atoms with van der Waals surface area (Å²) in [7, 11) is 0. The molecule has 5 heteroatoms. The van der Waals surface area contributed by atoms with Crippen LogP contribution in [0.4, 0.5) is 0 Å². The maximum Gasteiger partial charge on any atom is 0.338 e. The summed E-state index contributed by atoms with van der Waals surface area (Å²) in [5, 5.41) is 13.3. The number of aromatic nitrogens is 2. The van der Waals surface area contributed by atoms with Crippen LogP contribution in [0.15, 0.2) is 60.9 Å². The van der Waals surface area contributed by atoms with Crippen LogP contribution in [-0.4, -0.2) is 27.0 Å². The molecule has 3 aromatic rings. The lowest BCUT2D eigenvalue weighted by atomic mass is 9.86. The highest BCUT2D eigenvalue weighted by atomic mass is 16.5. The van der Waals surface area contributed by atoms with Crippen molar-refractivity contribution in [3.63, 3.8) is 0 Å². The van der Waals surface area contributed by atoms with Gasteiger partial charge in [-0.1, -0.05) is 43.5 Å². The molecule has 5 nitrogen and oxygen atoms in total. The Bertz CT molecular complexity index is 989. The summed E-state index contributed by atoms with van der Waals surface area (Å²) in [4.78, 5) is 11.1. The van der Waals surface area contributed by atoms with Crippen molar-refractivity contribution in [2.45, 2.75) is 45.1 Å². The Balaban J connectivity index is 1.54. The van der Waals surface area contributed by atoms with E-state index >= 15 is 0 Å². The van der Waals surface area contributed by atoms with Crippen LogP contribution in [0.2, 0.25) is 0 Å². The van der Waals surface area contributed by atoms with Gasteiger partial charge >= 0.3 is 5.97 Å². The zero-order valence-corrected chi connectivity index (χ0v) is 16.6. The van der Waals surface area contributed by atoms with Crippen molar-refractivity contribution >= 4 is 5.97 Å². The molecule has 4 rings (SSSR count). The zero-order chi connectivity index (χ0) is 20.2. The van der Waals surface area contributed by atoms with E-state index in [2.05, 4.69) is 24.2 Å². The molecular weight excluding hydrogens is 364 g/mol. The molecule has 0 saturated heterocycles. The number of carbonyl (C=O) groups is 1. The van der Waals surface area contributed by atoms with Gasteiger partial charge in [-0.05, 0) is 61.1 Å². The number of benzene rings is 2. The standard InChI is InChI=1S/C24H26N2O3/c1-17(18-7-3-2-4-8-18)29-23-12-6-10-20(14-23)19-9-5-11-22(13-19)26-16-21(15-25-26)24(27)28/h5-6,9-18H,2-4,7-8H2,1H3,(H,27,28)/t17-/m0/s1. The molecule has 1 N–H and O–H groups in total. The Hall–Kier alpha value is -3.08. The average molecular weight is 390 g/mol. The van der Waals surface area contributed by atoms with Gasteiger partial charge < -0.3 is 9.84 Å². The van der Waals surface area contributed by atoms with Crippen molar-refractivity contribution in [1.29, 1.82) is 0 Å². The first-order valence-corrected chi connectivity index (χ1v) is 10.3. The Morgan fingerprint density at radius 1 is 1.10 bits per heavy atom. The SMILES string of the molecule is C[C@H](Oc1cccc(-c2cccc(-n3cc(C(=O)O)cn3)c2)c1)C1CCCCC1. The van der Waals surface area contributed by atoms with Crippen LogP contribution in [0.3, 0.4) is 0 Å². The lowest BCUT2D eigenvalue weighted by Crippen LogP contribution is -2.25. The largest absolute Gasteiger partial charge is 0.490 e. The van der Waals surface area contributed by atoms with E-state index in [1.54, 1.807) is 4.68 Å². The average Bonchev–Trinajstić information content (AvgIpc) is 3.25. The minimum Gasteiger partial charge on any atom is -0.490 e. The lowest BCUT2D eigenvalue weighted by molar-refractivity contribution is 0.0697. The third kappa shape index (κ3) is 4.50. The second kappa shape index (κ2) is 8.52. The maximum absolute atomic E-state index is 11.1. The van der Waals surface area contributed by atoms with Crippen LogP contribution in [0.5, 0.6) is 5.75 Å². The number of aromatic carboxylic acids is 1. The van der Waals surface area contributed by atoms with Gasteiger partial charge in [0, 0.05) is 6.20 Å². The van der Waals surface area contributed by atoms with Gasteiger partial charge in [-0.2, -0.15) is 5.10 Å². The van der Waals surface area contributed by atoms with E-state index in [9.17, 15) is 4.79 Å². The van der Waals surface area contributed by atoms with E-state index in [1.807, 2.05) is 36.4 Å². The van der Waals surface area contributed by atoms with Crippen molar-refractivity contribution in [2.24, 2.45) is 5.92 Å². The molecule has 150 valence electrons. The predicted molar refractivity (Wildman–Crippen MR) is 113 cm³/mol. The fourth-order valence-electron chi connectivity index (χ4n) is 4.07. The first-order chi connectivity index (χ1) is 14.1. The Kier molecular flexibility index (Phi) is 5.65. The fraction of sp³-hybridized carbons (Fsp3) is 0.333. The molecule has 0 radical (unpaired) electrons. The second-order valence-corrected chi connectivity index (χ2v) is 7.78. The number of carboxylic acids is 1. The van der Waals surface area contributed by atoms with Gasteiger partial charge in [0.15, 0.2) is 0 Å². The third-order valence-electron chi connectivity index (χ3n) is 5.74. The number of nitrogens with zero attached hydrogens (tertiary/aromatic N) is 2. The molecule has 1 aromatic heterocycles. The number of carboxylic acid groups (broad SMARTS) is 1. The van der Waals surface area contributed by atoms with E-state index in [1.165, 1.54) is 44.5 Å². The zero-order valence-electron chi connectivity index (χ0n) is 16.6. The Morgan fingerprint density at radius 3 is 2.55 bits per heavy atom. The number of hydrogen-bond donors (Lipinski definition) is 1. The smallest absolute Gasteiger partial charge is 0.338 e. The molecule has 1 atom stereocenters. The molecule has 0 spiro atoms. The lowest BCUT2D eigenvalue weighted by Gasteiger charge is -2.28. The molecule has 0 unspecified atom stereocenters. The molecule has 1 aliphatic carbocycles. The monoisotopic (exact) mass is 390 g/mol. The number of rotatable bonds is 6. The van der Waals surface area contributed by atoms with E-state index in [0.29, 0.717) is 5.92 Å². The first-order valence-electron chi connectivity index (χ1n) is 10.3. The van der Waals surface area contributed by atoms with Crippen molar-refractivity contribution in [3.05, 3.63) is 66.5 Å². The van der Waals surface area contributed by atoms with Gasteiger partial charge in [-0.25, -0.2) is 9.48 Å². The third-order valence-corrected chi connectivity index (χ3v) is 5.74. The molecule has 1 saturated carbocycles. The predicted octanol–water partition coefficient (Wildman–Crippen LogP) is 5.59. The highest BCUT2D eigenvalue weighted by Crippen LogP contribution is 2.31. The van der Waals surface area contributed by atoms with Gasteiger partial charge in [0.05, 0.1) is 23.6 Å². The Morgan fingerprint density at radius 2 is 1.83 bits per heavy atom. The van der Waals surface area contributed by atoms with E-state index in [4.69, 9.17) is 9.84 Å². The number of hydrogen-bond acceptors (Lipinski definition) is 3. The summed E-state index contributed by atoms with van der Waals surface area (Å²) in [5.41, 5.74) is 3.08. The highest BCUT2D eigenvalue weighted by Gasteiger charge is 2.21. The van der Waals surface area contributed by atoms with E-state index in [0.717, 1.165) is 22.6 Å². The van der Waals surface area contributed by atoms with Crippen molar-refractivity contribution in [1.82, 2.24) is 9.78 Å². The summed E-state index contributed by atoms with van der Waals surface area (Å²) < 4.78 is 7.86. The van der Waals surface area contributed by atoms with Gasteiger partial charge in [0.2, 0.25) is 0 Å². The molecule has 0 amide bonds. The number of ether oxygens (including phenoxy) is 1. The summed E-state index contributed by atoms with van der Waals surface area (Å²) in [6, 6.07) is 16.1. The van der Waals surface area contributed by atoms with E-state index < -0.39 is 5.97 Å². The van der Waals surface area contributed by atoms with Crippen LogP contribution in [0.1, 0.15) is 49.4 Å². The van der Waals surface area contributed by atoms with Crippen molar-refractivity contribution in [3.8, 4) is 22.6 Å². The summed E-state index contributed by atoms with van der Waals surface area (Å²) in [6.45, 7) is 2.18. The first kappa shape index (κ1) is 19.2. The van der Waals surface area contributed by atoms with Gasteiger partial charge in [0.1, 0.15) is 5.75 Å². The van der Waals surface area contributed by atoms with Crippen LogP contribution >= 0.6 is 0 Å². The molecule has 1 aliphatic rings. The summed E-state index contributed by atoms with van der Waals surface area (Å²) in [6.07, 6.45) is 9.57. The fourth-order valence-corrected chi connectivity index (χ4v) is 4.07. The summed E-state index contributed by atoms with van der Waals surface area (Å²) in [5.74, 6) is 0.543. The Labute approximate surface area is 171 Å². The minimum atomic E-state index is -0.982. The molecular formula is C24H26N2O3. The van der Waals surface area contributed by atoms with E-state index in [-0.39, 0.29) is 11.7 Å². The van der Waals surface area contributed by atoms with Crippen molar-refractivity contribution < 1.29 is 14.6 Å². The van der Waals surface area contributed by atoms with Gasteiger partial charge in [0.25, 0.3) is 0 Å². The highest BCUT2D eigenvalue weighted by molar-refractivity contribution is 5.87. The normalized spacial score (nSPS) is 15.8. The van der Waals surface area contributed by atoms with Crippen LogP contribution in [-0.2, 0) is 0 Å². The maximum atomic E-state index is 11.1. The molecule has 1 heterocycles.